The first kappa shape index (κ1) is 12.5. The number of hydrogen-bond donors (Lipinski definition) is 0. The molecule has 100 valence electrons. The minimum absolute atomic E-state index is 0.289. The van der Waals surface area contributed by atoms with Gasteiger partial charge in [0.15, 0.2) is 0 Å². The molecule has 0 fully saturated rings. The molecule has 3 aromatic rings. The molecule has 20 heavy (non-hydrogen) atoms. The largest absolute Gasteiger partial charge is 0.355 e. The Hall–Kier alpha value is -2.56. The predicted molar refractivity (Wildman–Crippen MR) is 75.8 cm³/mol. The third kappa shape index (κ3) is 2.42. The maximum absolute atomic E-state index is 13.4. The number of pyridine rings is 1. The first-order chi connectivity index (χ1) is 9.74. The van der Waals surface area contributed by atoms with Crippen molar-refractivity contribution in [3.8, 4) is 0 Å². The third-order valence-electron chi connectivity index (χ3n) is 3.08. The van der Waals surface area contributed by atoms with Crippen LogP contribution in [-0.2, 0) is 6.54 Å². The maximum atomic E-state index is 13.4. The standard InChI is InChI=1S/C15H13FN4/c1-20(9-11-3-2-6-17-8-11)15-13-7-12(16)4-5-14(13)18-10-19-15/h2-8,10H,9H2,1H3. The van der Waals surface area contributed by atoms with E-state index < -0.39 is 0 Å². The molecule has 0 unspecified atom stereocenters. The quantitative estimate of drug-likeness (QED) is 0.732. The number of hydrogen-bond acceptors (Lipinski definition) is 4. The summed E-state index contributed by atoms with van der Waals surface area (Å²) in [6.45, 7) is 0.649. The van der Waals surface area contributed by atoms with Crippen molar-refractivity contribution >= 4 is 16.7 Å². The molecular weight excluding hydrogens is 255 g/mol. The van der Waals surface area contributed by atoms with E-state index in [1.807, 2.05) is 24.1 Å². The van der Waals surface area contributed by atoms with Gasteiger partial charge in [-0.2, -0.15) is 0 Å². The van der Waals surface area contributed by atoms with E-state index in [9.17, 15) is 4.39 Å². The monoisotopic (exact) mass is 268 g/mol. The Bertz CT molecular complexity index is 730. The maximum Gasteiger partial charge on any atom is 0.140 e. The van der Waals surface area contributed by atoms with Crippen LogP contribution in [0.5, 0.6) is 0 Å². The number of aromatic nitrogens is 3. The van der Waals surface area contributed by atoms with Crippen LogP contribution in [-0.4, -0.2) is 22.0 Å². The Morgan fingerprint density at radius 3 is 2.90 bits per heavy atom. The average Bonchev–Trinajstić information content (AvgIpc) is 2.47. The first-order valence-corrected chi connectivity index (χ1v) is 6.24. The van der Waals surface area contributed by atoms with E-state index in [0.29, 0.717) is 17.7 Å². The molecule has 0 saturated carbocycles. The number of rotatable bonds is 3. The zero-order valence-corrected chi connectivity index (χ0v) is 11.0. The highest BCUT2D eigenvalue weighted by atomic mass is 19.1. The van der Waals surface area contributed by atoms with Crippen molar-refractivity contribution in [3.63, 3.8) is 0 Å². The van der Waals surface area contributed by atoms with E-state index in [0.717, 1.165) is 11.1 Å². The van der Waals surface area contributed by atoms with E-state index in [4.69, 9.17) is 0 Å². The summed E-state index contributed by atoms with van der Waals surface area (Å²) < 4.78 is 13.4. The topological polar surface area (TPSA) is 41.9 Å². The Kier molecular flexibility index (Phi) is 3.25. The van der Waals surface area contributed by atoms with Crippen molar-refractivity contribution in [2.75, 3.05) is 11.9 Å². The summed E-state index contributed by atoms with van der Waals surface area (Å²) in [6, 6.07) is 8.41. The normalized spacial score (nSPS) is 10.7. The Balaban J connectivity index is 1.99. The second-order valence-electron chi connectivity index (χ2n) is 4.58. The fourth-order valence-corrected chi connectivity index (χ4v) is 2.16. The number of nitrogens with zero attached hydrogens (tertiary/aromatic N) is 4. The molecule has 3 rings (SSSR count). The molecule has 0 aliphatic carbocycles. The number of fused-ring (bicyclic) bond motifs is 1. The second kappa shape index (κ2) is 5.21. The van der Waals surface area contributed by atoms with Crippen LogP contribution in [0.15, 0.2) is 49.1 Å². The molecule has 0 spiro atoms. The van der Waals surface area contributed by atoms with E-state index >= 15 is 0 Å². The van der Waals surface area contributed by atoms with E-state index in [1.165, 1.54) is 18.5 Å². The van der Waals surface area contributed by atoms with Gasteiger partial charge in [-0.05, 0) is 29.8 Å². The van der Waals surface area contributed by atoms with Crippen LogP contribution in [0.1, 0.15) is 5.56 Å². The lowest BCUT2D eigenvalue weighted by Gasteiger charge is -2.19. The second-order valence-corrected chi connectivity index (χ2v) is 4.58. The van der Waals surface area contributed by atoms with Gasteiger partial charge in [0.25, 0.3) is 0 Å². The predicted octanol–water partition coefficient (Wildman–Crippen LogP) is 2.80. The molecule has 0 aliphatic heterocycles. The highest BCUT2D eigenvalue weighted by molar-refractivity contribution is 5.89. The SMILES string of the molecule is CN(Cc1cccnc1)c1ncnc2ccc(F)cc12. The van der Waals surface area contributed by atoms with Crippen molar-refractivity contribution in [1.82, 2.24) is 15.0 Å². The van der Waals surface area contributed by atoms with Gasteiger partial charge in [-0.3, -0.25) is 4.98 Å². The highest BCUT2D eigenvalue weighted by Gasteiger charge is 2.10. The average molecular weight is 268 g/mol. The summed E-state index contributed by atoms with van der Waals surface area (Å²) in [7, 11) is 1.92. The highest BCUT2D eigenvalue weighted by Crippen LogP contribution is 2.23. The summed E-state index contributed by atoms with van der Waals surface area (Å²) in [6.07, 6.45) is 5.04. The lowest BCUT2D eigenvalue weighted by atomic mass is 10.2. The molecule has 0 aliphatic rings. The Morgan fingerprint density at radius 2 is 2.10 bits per heavy atom. The fourth-order valence-electron chi connectivity index (χ4n) is 2.16. The van der Waals surface area contributed by atoms with Gasteiger partial charge < -0.3 is 4.90 Å². The minimum Gasteiger partial charge on any atom is -0.355 e. The number of anilines is 1. The van der Waals surface area contributed by atoms with Crippen molar-refractivity contribution < 1.29 is 4.39 Å². The Morgan fingerprint density at radius 1 is 1.20 bits per heavy atom. The summed E-state index contributed by atoms with van der Waals surface area (Å²) in [5.41, 5.74) is 1.80. The molecule has 0 N–H and O–H groups in total. The van der Waals surface area contributed by atoms with E-state index in [-0.39, 0.29) is 5.82 Å². The van der Waals surface area contributed by atoms with Gasteiger partial charge >= 0.3 is 0 Å². The first-order valence-electron chi connectivity index (χ1n) is 6.24. The summed E-state index contributed by atoms with van der Waals surface area (Å²) in [5, 5.41) is 0.707. The van der Waals surface area contributed by atoms with Crippen molar-refractivity contribution in [3.05, 3.63) is 60.4 Å². The van der Waals surface area contributed by atoms with Gasteiger partial charge in [0.2, 0.25) is 0 Å². The number of benzene rings is 1. The van der Waals surface area contributed by atoms with E-state index in [2.05, 4.69) is 15.0 Å². The summed E-state index contributed by atoms with van der Waals surface area (Å²) >= 11 is 0. The van der Waals surface area contributed by atoms with Gasteiger partial charge in [-0.25, -0.2) is 14.4 Å². The van der Waals surface area contributed by atoms with Gasteiger partial charge in [-0.1, -0.05) is 6.07 Å². The molecule has 1 aromatic carbocycles. The molecule has 5 heteroatoms. The molecule has 2 heterocycles. The van der Waals surface area contributed by atoms with Gasteiger partial charge in [0, 0.05) is 31.4 Å². The summed E-state index contributed by atoms with van der Waals surface area (Å²) in [4.78, 5) is 14.5. The molecule has 2 aromatic heterocycles. The molecule has 0 amide bonds. The minimum atomic E-state index is -0.289. The van der Waals surface area contributed by atoms with Gasteiger partial charge in [0.1, 0.15) is 18.0 Å². The molecular formula is C15H13FN4. The molecule has 0 bridgehead atoms. The van der Waals surface area contributed by atoms with Crippen LogP contribution >= 0.6 is 0 Å². The zero-order valence-electron chi connectivity index (χ0n) is 11.0. The van der Waals surface area contributed by atoms with Crippen molar-refractivity contribution in [1.29, 1.82) is 0 Å². The lowest BCUT2D eigenvalue weighted by molar-refractivity contribution is 0.629. The van der Waals surface area contributed by atoms with Crippen LogP contribution in [0.25, 0.3) is 10.9 Å². The van der Waals surface area contributed by atoms with Crippen molar-refractivity contribution in [2.24, 2.45) is 0 Å². The third-order valence-corrected chi connectivity index (χ3v) is 3.08. The van der Waals surface area contributed by atoms with E-state index in [1.54, 1.807) is 18.5 Å². The van der Waals surface area contributed by atoms with Gasteiger partial charge in [0.05, 0.1) is 5.52 Å². The zero-order chi connectivity index (χ0) is 13.9. The number of halogens is 1. The van der Waals surface area contributed by atoms with Crippen LogP contribution in [0.4, 0.5) is 10.2 Å². The van der Waals surface area contributed by atoms with Crippen LogP contribution < -0.4 is 4.90 Å². The molecule has 0 radical (unpaired) electrons. The molecule has 0 saturated heterocycles. The van der Waals surface area contributed by atoms with Crippen LogP contribution in [0.3, 0.4) is 0 Å². The molecule has 4 nitrogen and oxygen atoms in total. The molecule has 0 atom stereocenters. The summed E-state index contributed by atoms with van der Waals surface area (Å²) in [5.74, 6) is 0.418. The smallest absolute Gasteiger partial charge is 0.140 e. The van der Waals surface area contributed by atoms with Gasteiger partial charge in [-0.15, -0.1) is 0 Å². The Labute approximate surface area is 115 Å². The fraction of sp³-hybridized carbons (Fsp3) is 0.133. The van der Waals surface area contributed by atoms with Crippen LogP contribution in [0.2, 0.25) is 0 Å². The lowest BCUT2D eigenvalue weighted by Crippen LogP contribution is -2.18. The van der Waals surface area contributed by atoms with Crippen molar-refractivity contribution in [2.45, 2.75) is 6.54 Å². The van der Waals surface area contributed by atoms with Crippen LogP contribution in [0, 0.1) is 5.82 Å².